The van der Waals surface area contributed by atoms with Gasteiger partial charge in [0.1, 0.15) is 11.4 Å². The van der Waals surface area contributed by atoms with Crippen LogP contribution in [0.25, 0.3) is 0 Å². The van der Waals surface area contributed by atoms with Crippen molar-refractivity contribution in [2.45, 2.75) is 90.7 Å². The summed E-state index contributed by atoms with van der Waals surface area (Å²) in [6.07, 6.45) is -0.259. The number of ether oxygens (including phenoxy) is 1. The lowest BCUT2D eigenvalue weighted by atomic mass is 9.74. The molecule has 1 aromatic carbocycles. The number of amides is 3. The summed E-state index contributed by atoms with van der Waals surface area (Å²) < 4.78 is 18.3. The van der Waals surface area contributed by atoms with Crippen LogP contribution >= 0.6 is 0 Å². The molecule has 1 atom stereocenters. The van der Waals surface area contributed by atoms with Crippen molar-refractivity contribution in [3.05, 3.63) is 46.6 Å². The molecule has 236 valence electrons. The Morgan fingerprint density at radius 3 is 2.34 bits per heavy atom. The number of nitrogens with zero attached hydrogens (tertiary/aromatic N) is 4. The number of hydrogen-bond donors (Lipinski definition) is 1. The number of carbonyl (C=O) groups excluding carboxylic acids is 3. The van der Waals surface area contributed by atoms with E-state index >= 15 is 0 Å². The molecule has 1 aromatic heterocycles. The van der Waals surface area contributed by atoms with E-state index in [2.05, 4.69) is 5.32 Å². The highest BCUT2D eigenvalue weighted by molar-refractivity contribution is 6.63. The second kappa shape index (κ2) is 11.2. The molecule has 44 heavy (non-hydrogen) atoms. The van der Waals surface area contributed by atoms with Gasteiger partial charge in [0.2, 0.25) is 5.91 Å². The van der Waals surface area contributed by atoms with Crippen molar-refractivity contribution >= 4 is 42.0 Å². The molecule has 1 unspecified atom stereocenters. The van der Waals surface area contributed by atoms with Crippen LogP contribution in [0.3, 0.4) is 0 Å². The molecule has 3 amide bonds. The lowest BCUT2D eigenvalue weighted by molar-refractivity contribution is -0.126. The van der Waals surface area contributed by atoms with Gasteiger partial charge in [0, 0.05) is 32.5 Å². The number of imide groups is 1. The van der Waals surface area contributed by atoms with Crippen LogP contribution in [-0.4, -0.2) is 89.2 Å². The number of pyridine rings is 1. The summed E-state index contributed by atoms with van der Waals surface area (Å²) in [5, 5.41) is 3.35. The predicted molar refractivity (Wildman–Crippen MR) is 168 cm³/mol. The maximum Gasteiger partial charge on any atom is 0.495 e. The van der Waals surface area contributed by atoms with Gasteiger partial charge >= 0.3 is 13.2 Å². The SMILES string of the molecule is CN(C)Cc1nc(Nc2ccc(B3OC(C)(C)C(C)(C)O3)c3c2C(=O)N(C(=O)OC(C)(C)C)C3)ccc1C1CC(=O)N(C)C1. The summed E-state index contributed by atoms with van der Waals surface area (Å²) in [4.78, 5) is 49.2. The highest BCUT2D eigenvalue weighted by Gasteiger charge is 2.53. The molecule has 5 rings (SSSR count). The Morgan fingerprint density at radius 2 is 1.77 bits per heavy atom. The first-order valence-corrected chi connectivity index (χ1v) is 15.1. The third kappa shape index (κ3) is 6.07. The zero-order valence-electron chi connectivity index (χ0n) is 27.5. The smallest absolute Gasteiger partial charge is 0.443 e. The van der Waals surface area contributed by atoms with Gasteiger partial charge in [-0.3, -0.25) is 9.59 Å². The molecule has 2 fully saturated rings. The number of aromatic nitrogens is 1. The van der Waals surface area contributed by atoms with E-state index in [0.29, 0.717) is 47.6 Å². The van der Waals surface area contributed by atoms with Crippen LogP contribution in [0.5, 0.6) is 0 Å². The number of likely N-dealkylation sites (N-methyl/N-ethyl adjacent to an activating group) is 1. The van der Waals surface area contributed by atoms with Gasteiger partial charge in [-0.1, -0.05) is 12.1 Å². The molecule has 0 spiro atoms. The number of rotatable bonds is 6. The summed E-state index contributed by atoms with van der Waals surface area (Å²) >= 11 is 0. The first-order valence-electron chi connectivity index (χ1n) is 15.1. The molecule has 0 saturated carbocycles. The summed E-state index contributed by atoms with van der Waals surface area (Å²) in [5.41, 5.74) is 2.17. The maximum atomic E-state index is 13.9. The zero-order valence-corrected chi connectivity index (χ0v) is 27.5. The third-order valence-electron chi connectivity index (χ3n) is 8.76. The topological polar surface area (TPSA) is 114 Å². The Labute approximate surface area is 260 Å². The molecule has 3 aliphatic rings. The molecular weight excluding hydrogens is 561 g/mol. The molecule has 0 aliphatic carbocycles. The monoisotopic (exact) mass is 605 g/mol. The lowest BCUT2D eigenvalue weighted by Gasteiger charge is -2.32. The molecular formula is C32H44BN5O6. The minimum absolute atomic E-state index is 0.0273. The number of carbonyl (C=O) groups is 3. The fraction of sp³-hybridized carbons (Fsp3) is 0.562. The van der Waals surface area contributed by atoms with Gasteiger partial charge < -0.3 is 29.2 Å². The van der Waals surface area contributed by atoms with Gasteiger partial charge in [-0.05, 0) is 91.3 Å². The fourth-order valence-electron chi connectivity index (χ4n) is 5.79. The van der Waals surface area contributed by atoms with Crippen LogP contribution in [0.4, 0.5) is 16.3 Å². The van der Waals surface area contributed by atoms with Gasteiger partial charge in [-0.2, -0.15) is 0 Å². The zero-order chi connectivity index (χ0) is 32.4. The standard InChI is InChI=1S/C32H44BN5O6/c1-30(2,3)42-29(41)38-17-21-22(33-43-31(4,5)32(6,7)44-33)12-13-23(27(21)28(38)40)34-25-14-11-20(24(35-25)18-36(8)9)19-15-26(39)37(10)16-19/h11-14,19H,15-18H2,1-10H3,(H,34,35). The lowest BCUT2D eigenvalue weighted by Crippen LogP contribution is -2.41. The maximum absolute atomic E-state index is 13.9. The Hall–Kier alpha value is -3.48. The largest absolute Gasteiger partial charge is 0.495 e. The summed E-state index contributed by atoms with van der Waals surface area (Å²) in [5.74, 6) is 0.278. The average molecular weight is 606 g/mol. The number of benzene rings is 1. The Kier molecular flexibility index (Phi) is 8.09. The number of likely N-dealkylation sites (tertiary alicyclic amines) is 1. The van der Waals surface area contributed by atoms with Crippen LogP contribution < -0.4 is 10.8 Å². The summed E-state index contributed by atoms with van der Waals surface area (Å²) in [6.45, 7) is 14.5. The highest BCUT2D eigenvalue weighted by atomic mass is 16.7. The van der Waals surface area contributed by atoms with Crippen LogP contribution in [0, 0.1) is 0 Å². The first kappa shape index (κ1) is 31.9. The summed E-state index contributed by atoms with van der Waals surface area (Å²) in [7, 11) is 5.05. The van der Waals surface area contributed by atoms with Gasteiger partial charge in [0.25, 0.3) is 5.91 Å². The quantitative estimate of drug-likeness (QED) is 0.488. The Morgan fingerprint density at radius 1 is 1.11 bits per heavy atom. The second-order valence-corrected chi connectivity index (χ2v) is 14.3. The number of fused-ring (bicyclic) bond motifs is 1. The molecule has 3 aliphatic heterocycles. The van der Waals surface area contributed by atoms with Crippen LogP contribution in [0.1, 0.15) is 88.0 Å². The van der Waals surface area contributed by atoms with Crippen molar-refractivity contribution in [3.63, 3.8) is 0 Å². The average Bonchev–Trinajstić information content (AvgIpc) is 3.48. The minimum Gasteiger partial charge on any atom is -0.443 e. The Bertz CT molecular complexity index is 1480. The van der Waals surface area contributed by atoms with Crippen LogP contribution in [-0.2, 0) is 31.9 Å². The molecule has 0 bridgehead atoms. The molecule has 1 N–H and O–H groups in total. The van der Waals surface area contributed by atoms with Crippen molar-refractivity contribution in [3.8, 4) is 0 Å². The molecule has 4 heterocycles. The highest BCUT2D eigenvalue weighted by Crippen LogP contribution is 2.39. The van der Waals surface area contributed by atoms with E-state index in [1.807, 2.05) is 78.0 Å². The van der Waals surface area contributed by atoms with E-state index in [0.717, 1.165) is 16.2 Å². The fourth-order valence-corrected chi connectivity index (χ4v) is 5.79. The van der Waals surface area contributed by atoms with Crippen molar-refractivity contribution in [1.29, 1.82) is 0 Å². The first-order chi connectivity index (χ1) is 20.4. The number of anilines is 2. The molecule has 11 nitrogen and oxygen atoms in total. The molecule has 2 aromatic rings. The predicted octanol–water partition coefficient (Wildman–Crippen LogP) is 4.02. The van der Waals surface area contributed by atoms with E-state index in [1.165, 1.54) is 0 Å². The van der Waals surface area contributed by atoms with Crippen molar-refractivity contribution in [2.24, 2.45) is 0 Å². The van der Waals surface area contributed by atoms with E-state index in [1.54, 1.807) is 25.7 Å². The molecule has 0 radical (unpaired) electrons. The van der Waals surface area contributed by atoms with Crippen molar-refractivity contribution in [2.75, 3.05) is 33.0 Å². The number of hydrogen-bond acceptors (Lipinski definition) is 9. The Balaban J connectivity index is 1.53. The van der Waals surface area contributed by atoms with Crippen LogP contribution in [0.15, 0.2) is 24.3 Å². The molecule has 2 saturated heterocycles. The van der Waals surface area contributed by atoms with Crippen molar-refractivity contribution in [1.82, 2.24) is 19.7 Å². The van der Waals surface area contributed by atoms with E-state index < -0.39 is 35.9 Å². The van der Waals surface area contributed by atoms with Gasteiger partial charge in [0.05, 0.1) is 34.7 Å². The molecule has 12 heteroatoms. The number of nitrogens with one attached hydrogen (secondary N) is 1. The van der Waals surface area contributed by atoms with E-state index in [9.17, 15) is 14.4 Å². The van der Waals surface area contributed by atoms with Gasteiger partial charge in [-0.25, -0.2) is 14.7 Å². The summed E-state index contributed by atoms with van der Waals surface area (Å²) in [6, 6.07) is 7.57. The second-order valence-electron chi connectivity index (χ2n) is 14.3. The van der Waals surface area contributed by atoms with E-state index in [4.69, 9.17) is 19.0 Å². The van der Waals surface area contributed by atoms with Gasteiger partial charge in [-0.15, -0.1) is 0 Å². The van der Waals surface area contributed by atoms with Crippen molar-refractivity contribution < 1.29 is 28.4 Å². The third-order valence-corrected chi connectivity index (χ3v) is 8.76. The van der Waals surface area contributed by atoms with Gasteiger partial charge in [0.15, 0.2) is 0 Å². The normalized spacial score (nSPS) is 21.0. The van der Waals surface area contributed by atoms with E-state index in [-0.39, 0.29) is 18.4 Å². The van der Waals surface area contributed by atoms with Crippen LogP contribution in [0.2, 0.25) is 0 Å². The minimum atomic E-state index is -0.769.